The van der Waals surface area contributed by atoms with E-state index in [0.29, 0.717) is 10.8 Å². The topological polar surface area (TPSA) is 0 Å². The third-order valence-electron chi connectivity index (χ3n) is 4.51. The lowest BCUT2D eigenvalue weighted by molar-refractivity contribution is 0.0956. The molecule has 0 radical (unpaired) electrons. The van der Waals surface area contributed by atoms with Crippen LogP contribution in [0.2, 0.25) is 0 Å². The van der Waals surface area contributed by atoms with Gasteiger partial charge < -0.3 is 0 Å². The van der Waals surface area contributed by atoms with Crippen molar-refractivity contribution in [1.82, 2.24) is 0 Å². The number of hydrogen-bond donors (Lipinski definition) is 0. The van der Waals surface area contributed by atoms with E-state index >= 15 is 0 Å². The minimum absolute atomic E-state index is 0.445. The summed E-state index contributed by atoms with van der Waals surface area (Å²) in [6, 6.07) is 0. The fourth-order valence-electron chi connectivity index (χ4n) is 2.48. The second kappa shape index (κ2) is 4.15. The molecule has 0 heteroatoms. The second-order valence-electron chi connectivity index (χ2n) is 6.18. The molecule has 0 saturated carbocycles. The van der Waals surface area contributed by atoms with Gasteiger partial charge in [-0.25, -0.2) is 0 Å². The smallest absolute Gasteiger partial charge is 0.0114 e. The highest BCUT2D eigenvalue weighted by Gasteiger charge is 2.41. The van der Waals surface area contributed by atoms with E-state index in [1.807, 2.05) is 0 Å². The largest absolute Gasteiger partial charge is 0.0998 e. The van der Waals surface area contributed by atoms with Gasteiger partial charge in [0.2, 0.25) is 0 Å². The lowest BCUT2D eigenvalue weighted by atomic mass is 9.63. The molecule has 0 spiro atoms. The molecule has 0 aromatic rings. The molecule has 1 rings (SSSR count). The quantitative estimate of drug-likeness (QED) is 0.560. The summed E-state index contributed by atoms with van der Waals surface area (Å²) in [7, 11) is 0. The van der Waals surface area contributed by atoms with Gasteiger partial charge in [-0.1, -0.05) is 57.9 Å². The van der Waals surface area contributed by atoms with Gasteiger partial charge in [0, 0.05) is 0 Å². The van der Waals surface area contributed by atoms with E-state index in [0.717, 1.165) is 6.42 Å². The van der Waals surface area contributed by atoms with Crippen molar-refractivity contribution in [2.75, 3.05) is 0 Å². The Balaban J connectivity index is 2.69. The number of hydrogen-bond acceptors (Lipinski definition) is 0. The summed E-state index contributed by atoms with van der Waals surface area (Å²) in [5.41, 5.74) is 3.80. The SMILES string of the molecule is C=C(C)CC1=CCC(C)(C(C)(C)CC)C1. The summed E-state index contributed by atoms with van der Waals surface area (Å²) >= 11 is 0. The van der Waals surface area contributed by atoms with Crippen LogP contribution in [-0.4, -0.2) is 0 Å². The molecule has 0 heterocycles. The third-order valence-corrected chi connectivity index (χ3v) is 4.51. The van der Waals surface area contributed by atoms with Gasteiger partial charge in [-0.3, -0.25) is 0 Å². The van der Waals surface area contributed by atoms with E-state index in [-0.39, 0.29) is 0 Å². The minimum Gasteiger partial charge on any atom is -0.0998 e. The average Bonchev–Trinajstić information content (AvgIpc) is 2.48. The van der Waals surface area contributed by atoms with Crippen molar-refractivity contribution in [3.63, 3.8) is 0 Å². The van der Waals surface area contributed by atoms with Crippen LogP contribution in [0.4, 0.5) is 0 Å². The van der Waals surface area contributed by atoms with Crippen molar-refractivity contribution in [1.29, 1.82) is 0 Å². The van der Waals surface area contributed by atoms with Crippen LogP contribution in [0.25, 0.3) is 0 Å². The summed E-state index contributed by atoms with van der Waals surface area (Å²) in [5, 5.41) is 0. The Morgan fingerprint density at radius 1 is 1.53 bits per heavy atom. The van der Waals surface area contributed by atoms with E-state index in [2.05, 4.69) is 47.3 Å². The summed E-state index contributed by atoms with van der Waals surface area (Å²) in [5.74, 6) is 0. The van der Waals surface area contributed by atoms with Crippen LogP contribution >= 0.6 is 0 Å². The Bertz CT molecular complexity index is 280. The van der Waals surface area contributed by atoms with Gasteiger partial charge in [0.05, 0.1) is 0 Å². The molecule has 0 bridgehead atoms. The molecule has 1 aliphatic rings. The zero-order chi connectivity index (χ0) is 11.7. The highest BCUT2D eigenvalue weighted by molar-refractivity contribution is 5.21. The average molecular weight is 206 g/mol. The fraction of sp³-hybridized carbons (Fsp3) is 0.733. The van der Waals surface area contributed by atoms with Crippen molar-refractivity contribution in [3.8, 4) is 0 Å². The predicted molar refractivity (Wildman–Crippen MR) is 68.9 cm³/mol. The van der Waals surface area contributed by atoms with Crippen molar-refractivity contribution in [3.05, 3.63) is 23.8 Å². The van der Waals surface area contributed by atoms with Gasteiger partial charge >= 0.3 is 0 Å². The number of allylic oxidation sites excluding steroid dienone is 3. The van der Waals surface area contributed by atoms with E-state index in [9.17, 15) is 0 Å². The Labute approximate surface area is 95.5 Å². The molecule has 1 atom stereocenters. The van der Waals surface area contributed by atoms with Crippen molar-refractivity contribution < 1.29 is 0 Å². The van der Waals surface area contributed by atoms with E-state index in [1.54, 1.807) is 5.57 Å². The maximum Gasteiger partial charge on any atom is -0.0114 e. The van der Waals surface area contributed by atoms with Gasteiger partial charge in [-0.2, -0.15) is 0 Å². The first-order valence-electron chi connectivity index (χ1n) is 6.13. The van der Waals surface area contributed by atoms with E-state index in [1.165, 1.54) is 24.8 Å². The first-order chi connectivity index (χ1) is 6.81. The van der Waals surface area contributed by atoms with Crippen LogP contribution in [0, 0.1) is 10.8 Å². The molecule has 0 aromatic carbocycles. The van der Waals surface area contributed by atoms with Crippen molar-refractivity contribution in [2.45, 2.75) is 60.3 Å². The van der Waals surface area contributed by atoms with Crippen LogP contribution in [0.1, 0.15) is 60.3 Å². The zero-order valence-electron chi connectivity index (χ0n) is 11.1. The molecular weight excluding hydrogens is 180 g/mol. The number of rotatable bonds is 4. The lowest BCUT2D eigenvalue weighted by Gasteiger charge is -2.41. The molecule has 0 aliphatic heterocycles. The maximum atomic E-state index is 4.01. The van der Waals surface area contributed by atoms with Crippen LogP contribution in [0.5, 0.6) is 0 Å². The molecule has 0 nitrogen and oxygen atoms in total. The highest BCUT2D eigenvalue weighted by Crippen LogP contribution is 2.52. The van der Waals surface area contributed by atoms with Gasteiger partial charge in [0.15, 0.2) is 0 Å². The van der Waals surface area contributed by atoms with E-state index in [4.69, 9.17) is 0 Å². The van der Waals surface area contributed by atoms with Gasteiger partial charge in [-0.05, 0) is 37.0 Å². The molecule has 1 aliphatic carbocycles. The first-order valence-corrected chi connectivity index (χ1v) is 6.13. The second-order valence-corrected chi connectivity index (χ2v) is 6.18. The van der Waals surface area contributed by atoms with Crippen LogP contribution in [-0.2, 0) is 0 Å². The molecule has 0 fully saturated rings. The first kappa shape index (κ1) is 12.5. The molecule has 0 aromatic heterocycles. The minimum atomic E-state index is 0.445. The van der Waals surface area contributed by atoms with Gasteiger partial charge in [0.25, 0.3) is 0 Å². The summed E-state index contributed by atoms with van der Waals surface area (Å²) in [4.78, 5) is 0. The predicted octanol–water partition coefficient (Wildman–Crippen LogP) is 5.12. The molecule has 15 heavy (non-hydrogen) atoms. The van der Waals surface area contributed by atoms with Crippen LogP contribution < -0.4 is 0 Å². The highest BCUT2D eigenvalue weighted by atomic mass is 14.5. The summed E-state index contributed by atoms with van der Waals surface area (Å²) in [6.07, 6.45) is 7.33. The summed E-state index contributed by atoms with van der Waals surface area (Å²) in [6.45, 7) is 15.7. The van der Waals surface area contributed by atoms with Crippen LogP contribution in [0.3, 0.4) is 0 Å². The summed E-state index contributed by atoms with van der Waals surface area (Å²) < 4.78 is 0. The van der Waals surface area contributed by atoms with Gasteiger partial charge in [0.1, 0.15) is 0 Å². The van der Waals surface area contributed by atoms with Gasteiger partial charge in [-0.15, -0.1) is 0 Å². The fourth-order valence-corrected chi connectivity index (χ4v) is 2.48. The monoisotopic (exact) mass is 206 g/mol. The Morgan fingerprint density at radius 2 is 2.13 bits per heavy atom. The third kappa shape index (κ3) is 2.53. The van der Waals surface area contributed by atoms with Crippen LogP contribution in [0.15, 0.2) is 23.8 Å². The Morgan fingerprint density at radius 3 is 2.60 bits per heavy atom. The standard InChI is InChI=1S/C15H26/c1-7-14(4,5)15(6)9-8-13(11-15)10-12(2)3/h8H,2,7,9-11H2,1,3-6H3. The Kier molecular flexibility index (Phi) is 3.48. The molecule has 0 amide bonds. The molecule has 0 saturated heterocycles. The Hall–Kier alpha value is -0.520. The van der Waals surface area contributed by atoms with E-state index < -0.39 is 0 Å². The normalized spacial score (nSPS) is 26.6. The van der Waals surface area contributed by atoms with Crippen molar-refractivity contribution in [2.24, 2.45) is 10.8 Å². The lowest BCUT2D eigenvalue weighted by Crippen LogP contribution is -2.32. The van der Waals surface area contributed by atoms with Crippen molar-refractivity contribution >= 4 is 0 Å². The maximum absolute atomic E-state index is 4.01. The molecule has 1 unspecified atom stereocenters. The zero-order valence-corrected chi connectivity index (χ0v) is 11.1. The molecule has 0 N–H and O–H groups in total. The molecule has 86 valence electrons. The molecular formula is C15H26.